The molecule has 0 unspecified atom stereocenters. The molecule has 0 fully saturated rings. The lowest BCUT2D eigenvalue weighted by atomic mass is 10.0. The number of benzene rings is 4. The van der Waals surface area contributed by atoms with E-state index in [1.165, 1.54) is 35.2 Å². The zero-order chi connectivity index (χ0) is 32.6. The number of carbonyl (C=O) groups excluding carboxylic acids is 2. The summed E-state index contributed by atoms with van der Waals surface area (Å²) in [7, 11) is -4.54. The maximum atomic E-state index is 14.3. The van der Waals surface area contributed by atoms with Crippen molar-refractivity contribution in [3.63, 3.8) is 0 Å². The lowest BCUT2D eigenvalue weighted by Crippen LogP contribution is -2.53. The molecule has 12 heteroatoms. The highest BCUT2D eigenvalue weighted by Crippen LogP contribution is 2.33. The molecule has 0 aliphatic rings. The number of likely N-dealkylation sites (N-methyl/N-ethyl adjacent to an activating group) is 1. The molecule has 0 heterocycles. The van der Waals surface area contributed by atoms with Crippen LogP contribution in [0.15, 0.2) is 114 Å². The lowest BCUT2D eigenvalue weighted by molar-refractivity contribution is -0.140. The van der Waals surface area contributed by atoms with Gasteiger partial charge in [0.2, 0.25) is 11.8 Å². The number of hydrogen-bond acceptors (Lipinski definition) is 4. The monoisotopic (exact) mass is 657 g/mol. The minimum Gasteiger partial charge on any atom is -0.355 e. The molecular weight excluding hydrogens is 627 g/mol. The Kier molecular flexibility index (Phi) is 10.9. The van der Waals surface area contributed by atoms with Crippen molar-refractivity contribution in [2.75, 3.05) is 17.4 Å². The van der Waals surface area contributed by atoms with Gasteiger partial charge in [0.25, 0.3) is 10.0 Å². The first-order chi connectivity index (χ1) is 21.4. The number of nitrogens with zero attached hydrogens (tertiary/aromatic N) is 2. The molecule has 4 rings (SSSR count). The Labute approximate surface area is 265 Å². The van der Waals surface area contributed by atoms with Gasteiger partial charge in [0, 0.05) is 24.5 Å². The fourth-order valence-electron chi connectivity index (χ4n) is 4.76. The second-order valence-electron chi connectivity index (χ2n) is 10.1. The standard InChI is InChI=1S/C33H31ClF3N3O4S/c1-2-38-32(42)30(20-24-11-5-3-6-12-24)39(22-25-13-9-15-27(34)19-25)31(41)23-40(45(43,44)29-17-7-4-8-18-29)28-16-10-14-26(21-28)33(35,36)37/h3-19,21,30H,2,20,22-23H2,1H3,(H,38,42)/t30-/m0/s1. The number of alkyl halides is 3. The average molecular weight is 658 g/mol. The third-order valence-electron chi connectivity index (χ3n) is 6.94. The second kappa shape index (κ2) is 14.6. The molecule has 7 nitrogen and oxygen atoms in total. The van der Waals surface area contributed by atoms with Crippen molar-refractivity contribution in [3.8, 4) is 0 Å². The Morgan fingerprint density at radius 1 is 0.844 bits per heavy atom. The minimum atomic E-state index is -4.76. The van der Waals surface area contributed by atoms with Gasteiger partial charge in [0.1, 0.15) is 12.6 Å². The summed E-state index contributed by atoms with van der Waals surface area (Å²) >= 11 is 6.21. The van der Waals surface area contributed by atoms with E-state index in [1.807, 2.05) is 0 Å². The van der Waals surface area contributed by atoms with Gasteiger partial charge in [-0.05, 0) is 60.5 Å². The van der Waals surface area contributed by atoms with Crippen LogP contribution in [0.2, 0.25) is 5.02 Å². The van der Waals surface area contributed by atoms with Gasteiger partial charge in [-0.3, -0.25) is 13.9 Å². The molecule has 4 aromatic carbocycles. The molecule has 236 valence electrons. The quantitative estimate of drug-likeness (QED) is 0.193. The summed E-state index contributed by atoms with van der Waals surface area (Å²) in [6.07, 6.45) is -4.67. The predicted octanol–water partition coefficient (Wildman–Crippen LogP) is 6.33. The Morgan fingerprint density at radius 3 is 2.09 bits per heavy atom. The third-order valence-corrected chi connectivity index (χ3v) is 8.96. The van der Waals surface area contributed by atoms with Gasteiger partial charge < -0.3 is 10.2 Å². The normalized spacial score (nSPS) is 12.3. The van der Waals surface area contributed by atoms with Crippen LogP contribution in [0.4, 0.5) is 18.9 Å². The van der Waals surface area contributed by atoms with Gasteiger partial charge in [0.15, 0.2) is 0 Å². The summed E-state index contributed by atoms with van der Waals surface area (Å²) in [5, 5.41) is 3.13. The largest absolute Gasteiger partial charge is 0.416 e. The zero-order valence-electron chi connectivity index (χ0n) is 24.2. The van der Waals surface area contributed by atoms with Crippen molar-refractivity contribution in [1.29, 1.82) is 0 Å². The van der Waals surface area contributed by atoms with E-state index < -0.39 is 46.2 Å². The highest BCUT2D eigenvalue weighted by molar-refractivity contribution is 7.92. The van der Waals surface area contributed by atoms with Crippen molar-refractivity contribution in [3.05, 3.63) is 131 Å². The molecule has 0 saturated heterocycles. The highest BCUT2D eigenvalue weighted by atomic mass is 35.5. The van der Waals surface area contributed by atoms with Crippen LogP contribution < -0.4 is 9.62 Å². The fraction of sp³-hybridized carbons (Fsp3) is 0.212. The van der Waals surface area contributed by atoms with E-state index in [0.717, 1.165) is 17.7 Å². The van der Waals surface area contributed by atoms with E-state index in [-0.39, 0.29) is 30.1 Å². The molecule has 4 aromatic rings. The molecule has 0 aliphatic carbocycles. The summed E-state index contributed by atoms with van der Waals surface area (Å²) in [4.78, 5) is 28.8. The van der Waals surface area contributed by atoms with Crippen molar-refractivity contribution in [2.24, 2.45) is 0 Å². The third kappa shape index (κ3) is 8.64. The molecule has 45 heavy (non-hydrogen) atoms. The molecular formula is C33H31ClF3N3O4S. The predicted molar refractivity (Wildman–Crippen MR) is 167 cm³/mol. The number of anilines is 1. The van der Waals surface area contributed by atoms with Crippen molar-refractivity contribution in [2.45, 2.75) is 37.0 Å². The van der Waals surface area contributed by atoms with Crippen LogP contribution in [0.1, 0.15) is 23.6 Å². The first kappa shape index (κ1) is 33.5. The second-order valence-corrected chi connectivity index (χ2v) is 12.4. The van der Waals surface area contributed by atoms with Gasteiger partial charge in [-0.2, -0.15) is 13.2 Å². The van der Waals surface area contributed by atoms with Gasteiger partial charge in [-0.15, -0.1) is 0 Å². The summed E-state index contributed by atoms with van der Waals surface area (Å²) in [6, 6.07) is 25.4. The average Bonchev–Trinajstić information content (AvgIpc) is 3.02. The Morgan fingerprint density at radius 2 is 1.47 bits per heavy atom. The zero-order valence-corrected chi connectivity index (χ0v) is 25.8. The van der Waals surface area contributed by atoms with E-state index in [0.29, 0.717) is 21.0 Å². The first-order valence-electron chi connectivity index (χ1n) is 14.0. The number of amides is 2. The van der Waals surface area contributed by atoms with Gasteiger partial charge in [-0.25, -0.2) is 8.42 Å². The van der Waals surface area contributed by atoms with E-state index in [4.69, 9.17) is 11.6 Å². The molecule has 0 spiro atoms. The van der Waals surface area contributed by atoms with Gasteiger partial charge in [-0.1, -0.05) is 78.3 Å². The molecule has 0 aliphatic heterocycles. The fourth-order valence-corrected chi connectivity index (χ4v) is 6.40. The topological polar surface area (TPSA) is 86.8 Å². The number of halogens is 4. The highest BCUT2D eigenvalue weighted by Gasteiger charge is 2.36. The Balaban J connectivity index is 1.83. The van der Waals surface area contributed by atoms with E-state index >= 15 is 0 Å². The maximum absolute atomic E-state index is 14.3. The van der Waals surface area contributed by atoms with Crippen molar-refractivity contribution in [1.82, 2.24) is 10.2 Å². The van der Waals surface area contributed by atoms with Crippen LogP contribution in [0.25, 0.3) is 0 Å². The maximum Gasteiger partial charge on any atom is 0.416 e. The lowest BCUT2D eigenvalue weighted by Gasteiger charge is -2.34. The summed E-state index contributed by atoms with van der Waals surface area (Å²) < 4.78 is 69.6. The Hall–Kier alpha value is -4.35. The van der Waals surface area contributed by atoms with E-state index in [2.05, 4.69) is 5.32 Å². The summed E-state index contributed by atoms with van der Waals surface area (Å²) in [5.41, 5.74) is -0.137. The summed E-state index contributed by atoms with van der Waals surface area (Å²) in [6.45, 7) is 0.976. The Bertz CT molecular complexity index is 1720. The van der Waals surface area contributed by atoms with Crippen LogP contribution in [0, 0.1) is 0 Å². The number of sulfonamides is 1. The molecule has 0 saturated carbocycles. The van der Waals surface area contributed by atoms with Crippen LogP contribution in [0.3, 0.4) is 0 Å². The SMILES string of the molecule is CCNC(=O)[C@H](Cc1ccccc1)N(Cc1cccc(Cl)c1)C(=O)CN(c1cccc(C(F)(F)F)c1)S(=O)(=O)c1ccccc1. The molecule has 1 atom stereocenters. The van der Waals surface area contributed by atoms with Crippen LogP contribution in [0.5, 0.6) is 0 Å². The van der Waals surface area contributed by atoms with E-state index in [9.17, 15) is 31.2 Å². The number of carbonyl (C=O) groups is 2. The first-order valence-corrected chi connectivity index (χ1v) is 15.8. The molecule has 0 radical (unpaired) electrons. The van der Waals surface area contributed by atoms with Crippen LogP contribution in [-0.4, -0.2) is 44.3 Å². The smallest absolute Gasteiger partial charge is 0.355 e. The number of nitrogens with one attached hydrogen (secondary N) is 1. The van der Waals surface area contributed by atoms with Gasteiger partial charge in [0.05, 0.1) is 16.1 Å². The van der Waals surface area contributed by atoms with Crippen LogP contribution >= 0.6 is 11.6 Å². The molecule has 0 aromatic heterocycles. The summed E-state index contributed by atoms with van der Waals surface area (Å²) in [5.74, 6) is -1.28. The molecule has 1 N–H and O–H groups in total. The van der Waals surface area contributed by atoms with Crippen molar-refractivity contribution >= 4 is 39.1 Å². The molecule has 0 bridgehead atoms. The number of rotatable bonds is 12. The van der Waals surface area contributed by atoms with E-state index in [1.54, 1.807) is 67.6 Å². The van der Waals surface area contributed by atoms with Crippen LogP contribution in [-0.2, 0) is 38.8 Å². The van der Waals surface area contributed by atoms with Gasteiger partial charge >= 0.3 is 6.18 Å². The minimum absolute atomic E-state index is 0.0912. The molecule has 2 amide bonds. The van der Waals surface area contributed by atoms with Crippen molar-refractivity contribution < 1.29 is 31.2 Å². The number of hydrogen-bond donors (Lipinski definition) is 1.